The number of aliphatic hydroxyl groups excluding tert-OH is 1. The number of nitrogens with one attached hydrogen (secondary N) is 1. The Bertz CT molecular complexity index is 1070. The predicted molar refractivity (Wildman–Crippen MR) is 99.0 cm³/mol. The molecule has 3 aromatic heterocycles. The molecule has 0 spiro atoms. The van der Waals surface area contributed by atoms with Crippen LogP contribution in [-0.2, 0) is 6.61 Å². The Morgan fingerprint density at radius 2 is 2.00 bits per heavy atom. The molecule has 0 bridgehead atoms. The van der Waals surface area contributed by atoms with E-state index in [0.29, 0.717) is 16.3 Å². The fourth-order valence-corrected chi connectivity index (χ4v) is 3.43. The molecule has 0 radical (unpaired) electrons. The number of benzene rings is 1. The second-order valence-corrected chi connectivity index (χ2v) is 6.74. The molecule has 0 amide bonds. The molecule has 0 aliphatic carbocycles. The number of nitrogens with zero attached hydrogens (tertiary/aromatic N) is 3. The van der Waals surface area contributed by atoms with Crippen LogP contribution in [0.4, 0.5) is 4.39 Å². The van der Waals surface area contributed by atoms with E-state index in [1.54, 1.807) is 23.7 Å². The van der Waals surface area contributed by atoms with Crippen LogP contribution >= 0.6 is 11.3 Å². The molecule has 1 aromatic carbocycles. The lowest BCUT2D eigenvalue weighted by Gasteiger charge is -2.07. The van der Waals surface area contributed by atoms with Gasteiger partial charge in [0, 0.05) is 22.2 Å². The first kappa shape index (κ1) is 16.6. The zero-order chi connectivity index (χ0) is 18.1. The van der Waals surface area contributed by atoms with Crippen LogP contribution in [0.2, 0.25) is 0 Å². The van der Waals surface area contributed by atoms with Gasteiger partial charge in [0.25, 0.3) is 0 Å². The molecule has 4 rings (SSSR count). The lowest BCUT2D eigenvalue weighted by Crippen LogP contribution is -1.91. The normalized spacial score (nSPS) is 11.0. The Morgan fingerprint density at radius 1 is 1.12 bits per heavy atom. The van der Waals surface area contributed by atoms with E-state index in [4.69, 9.17) is 0 Å². The number of hydrogen-bond donors (Lipinski definition) is 2. The molecule has 0 fully saturated rings. The molecule has 0 aliphatic heterocycles. The van der Waals surface area contributed by atoms with E-state index in [-0.39, 0.29) is 12.4 Å². The third kappa shape index (κ3) is 3.02. The third-order valence-electron chi connectivity index (χ3n) is 4.02. The van der Waals surface area contributed by atoms with Gasteiger partial charge in [-0.1, -0.05) is 12.1 Å². The van der Waals surface area contributed by atoms with Gasteiger partial charge in [-0.2, -0.15) is 5.10 Å². The van der Waals surface area contributed by atoms with Crippen LogP contribution in [-0.4, -0.2) is 25.3 Å². The van der Waals surface area contributed by atoms with Gasteiger partial charge in [-0.15, -0.1) is 11.3 Å². The van der Waals surface area contributed by atoms with Crippen LogP contribution in [0.25, 0.3) is 33.8 Å². The van der Waals surface area contributed by atoms with Crippen LogP contribution in [0.3, 0.4) is 0 Å². The number of aromatic nitrogens is 4. The Morgan fingerprint density at radius 3 is 2.77 bits per heavy atom. The third-order valence-corrected chi connectivity index (χ3v) is 4.86. The van der Waals surface area contributed by atoms with Crippen molar-refractivity contribution in [2.45, 2.75) is 13.5 Å². The van der Waals surface area contributed by atoms with Crippen molar-refractivity contribution in [3.05, 3.63) is 64.5 Å². The fraction of sp³-hybridized carbons (Fsp3) is 0.105. The van der Waals surface area contributed by atoms with Crippen molar-refractivity contribution in [2.75, 3.05) is 0 Å². The Kier molecular flexibility index (Phi) is 4.32. The van der Waals surface area contributed by atoms with Crippen molar-refractivity contribution in [1.29, 1.82) is 0 Å². The molecule has 7 heteroatoms. The first-order valence-electron chi connectivity index (χ1n) is 7.98. The summed E-state index contributed by atoms with van der Waals surface area (Å²) in [5.41, 5.74) is 5.01. The molecule has 0 atom stereocenters. The van der Waals surface area contributed by atoms with Crippen molar-refractivity contribution in [1.82, 2.24) is 20.2 Å². The topological polar surface area (TPSA) is 74.7 Å². The van der Waals surface area contributed by atoms with Crippen molar-refractivity contribution in [3.63, 3.8) is 0 Å². The number of thiazole rings is 1. The lowest BCUT2D eigenvalue weighted by atomic mass is 10.0. The largest absolute Gasteiger partial charge is 0.389 e. The van der Waals surface area contributed by atoms with Crippen LogP contribution in [0.1, 0.15) is 10.7 Å². The zero-order valence-corrected chi connectivity index (χ0v) is 14.7. The molecule has 2 N–H and O–H groups in total. The number of aromatic amines is 1. The Balaban J connectivity index is 1.81. The number of pyridine rings is 1. The molecule has 4 aromatic rings. The maximum absolute atomic E-state index is 14.4. The van der Waals surface area contributed by atoms with Gasteiger partial charge in [0.2, 0.25) is 0 Å². The summed E-state index contributed by atoms with van der Waals surface area (Å²) in [6.07, 6.45) is 1.70. The quantitative estimate of drug-likeness (QED) is 0.568. The molecule has 0 saturated carbocycles. The van der Waals surface area contributed by atoms with Crippen LogP contribution in [0.5, 0.6) is 0 Å². The first-order chi connectivity index (χ1) is 12.7. The van der Waals surface area contributed by atoms with Gasteiger partial charge in [-0.3, -0.25) is 10.1 Å². The average Bonchev–Trinajstić information content (AvgIpc) is 3.31. The van der Waals surface area contributed by atoms with Crippen LogP contribution in [0, 0.1) is 12.7 Å². The maximum atomic E-state index is 14.4. The van der Waals surface area contributed by atoms with Gasteiger partial charge in [-0.25, -0.2) is 9.37 Å². The van der Waals surface area contributed by atoms with Crippen LogP contribution in [0.15, 0.2) is 48.0 Å². The van der Waals surface area contributed by atoms with Gasteiger partial charge in [-0.05, 0) is 36.8 Å². The van der Waals surface area contributed by atoms with Crippen molar-refractivity contribution in [3.8, 4) is 33.8 Å². The predicted octanol–water partition coefficient (Wildman–Crippen LogP) is 4.20. The van der Waals surface area contributed by atoms with Crippen molar-refractivity contribution >= 4 is 11.3 Å². The molecular formula is C19H15FN4OS. The minimum Gasteiger partial charge on any atom is -0.389 e. The zero-order valence-electron chi connectivity index (χ0n) is 13.9. The number of aliphatic hydroxyl groups is 1. The Labute approximate surface area is 153 Å². The molecule has 3 heterocycles. The molecule has 130 valence electrons. The molecule has 0 unspecified atom stereocenters. The number of halogens is 1. The average molecular weight is 366 g/mol. The highest BCUT2D eigenvalue weighted by molar-refractivity contribution is 7.09. The van der Waals surface area contributed by atoms with E-state index in [1.807, 2.05) is 25.1 Å². The summed E-state index contributed by atoms with van der Waals surface area (Å²) in [5.74, 6) is -0.359. The van der Waals surface area contributed by atoms with Crippen LogP contribution < -0.4 is 0 Å². The van der Waals surface area contributed by atoms with Gasteiger partial charge < -0.3 is 5.11 Å². The summed E-state index contributed by atoms with van der Waals surface area (Å²) in [7, 11) is 0. The van der Waals surface area contributed by atoms with E-state index in [2.05, 4.69) is 20.2 Å². The van der Waals surface area contributed by atoms with Crippen molar-refractivity contribution in [2.24, 2.45) is 0 Å². The molecule has 0 saturated heterocycles. The van der Waals surface area contributed by atoms with E-state index in [0.717, 1.165) is 28.2 Å². The molecule has 0 aliphatic rings. The molecule has 26 heavy (non-hydrogen) atoms. The van der Waals surface area contributed by atoms with E-state index in [9.17, 15) is 9.50 Å². The summed E-state index contributed by atoms with van der Waals surface area (Å²) in [6.45, 7) is 1.77. The highest BCUT2D eigenvalue weighted by Gasteiger charge is 2.15. The highest BCUT2D eigenvalue weighted by atomic mass is 32.1. The standard InChI is InChI=1S/C19H15FN4OS/c1-11-3-2-4-16(22-11)19-14(8-21-24-19)12-5-6-15(20)13(7-12)17-10-26-18(9-25)23-17/h2-8,10,25H,9H2,1H3,(H,21,24). The highest BCUT2D eigenvalue weighted by Crippen LogP contribution is 2.33. The van der Waals surface area contributed by atoms with Gasteiger partial charge in [0.1, 0.15) is 10.8 Å². The second kappa shape index (κ2) is 6.78. The molecule has 5 nitrogen and oxygen atoms in total. The van der Waals surface area contributed by atoms with Gasteiger partial charge in [0.05, 0.1) is 29.9 Å². The first-order valence-corrected chi connectivity index (χ1v) is 8.86. The van der Waals surface area contributed by atoms with Gasteiger partial charge >= 0.3 is 0 Å². The summed E-state index contributed by atoms with van der Waals surface area (Å²) in [4.78, 5) is 8.80. The smallest absolute Gasteiger partial charge is 0.132 e. The summed E-state index contributed by atoms with van der Waals surface area (Å²) < 4.78 is 14.4. The number of aryl methyl sites for hydroxylation is 1. The SMILES string of the molecule is Cc1cccc(-c2[nH]ncc2-c2ccc(F)c(-c3csc(CO)n3)c2)n1. The second-order valence-electron chi connectivity index (χ2n) is 5.80. The van der Waals surface area contributed by atoms with E-state index < -0.39 is 0 Å². The Hall–Kier alpha value is -2.90. The summed E-state index contributed by atoms with van der Waals surface area (Å²) in [6, 6.07) is 10.6. The lowest BCUT2D eigenvalue weighted by molar-refractivity contribution is 0.281. The number of rotatable bonds is 4. The monoisotopic (exact) mass is 366 g/mol. The number of H-pyrrole nitrogens is 1. The van der Waals surface area contributed by atoms with Gasteiger partial charge in [0.15, 0.2) is 0 Å². The maximum Gasteiger partial charge on any atom is 0.132 e. The van der Waals surface area contributed by atoms with E-state index in [1.165, 1.54) is 17.4 Å². The summed E-state index contributed by atoms with van der Waals surface area (Å²) in [5, 5.41) is 18.6. The number of hydrogen-bond acceptors (Lipinski definition) is 5. The fourth-order valence-electron chi connectivity index (χ4n) is 2.78. The minimum atomic E-state index is -0.359. The summed E-state index contributed by atoms with van der Waals surface area (Å²) >= 11 is 1.30. The minimum absolute atomic E-state index is 0.156. The van der Waals surface area contributed by atoms with E-state index >= 15 is 0 Å². The molecular weight excluding hydrogens is 351 g/mol. The van der Waals surface area contributed by atoms with Crippen molar-refractivity contribution < 1.29 is 9.50 Å².